The topological polar surface area (TPSA) is 46.4 Å². The normalized spacial score (nSPS) is 11.9. The number of hydrogen-bond acceptors (Lipinski definition) is 2. The van der Waals surface area contributed by atoms with Gasteiger partial charge in [-0.1, -0.05) is 54.1 Å². The number of nitrogens with zero attached hydrogens (tertiary/aromatic N) is 2. The summed E-state index contributed by atoms with van der Waals surface area (Å²) in [6, 6.07) is 20.3. The Labute approximate surface area is 183 Å². The Morgan fingerprint density at radius 1 is 1.03 bits per heavy atom. The van der Waals surface area contributed by atoms with E-state index < -0.39 is 17.6 Å². The van der Waals surface area contributed by atoms with E-state index >= 15 is 0 Å². The lowest BCUT2D eigenvalue weighted by Gasteiger charge is -2.07. The highest BCUT2D eigenvalue weighted by atomic mass is 19.4. The van der Waals surface area contributed by atoms with Gasteiger partial charge in [0.05, 0.1) is 11.8 Å². The van der Waals surface area contributed by atoms with Crippen LogP contribution in [-0.4, -0.2) is 16.7 Å². The van der Waals surface area contributed by atoms with E-state index in [2.05, 4.69) is 27.2 Å². The molecule has 1 N–H and O–H groups in total. The van der Waals surface area contributed by atoms with Crippen molar-refractivity contribution >= 4 is 23.0 Å². The Morgan fingerprint density at radius 3 is 2.59 bits per heavy atom. The van der Waals surface area contributed by atoms with Gasteiger partial charge in [-0.25, -0.2) is 5.43 Å². The molecule has 1 amide bonds. The van der Waals surface area contributed by atoms with Crippen molar-refractivity contribution in [2.75, 3.05) is 0 Å². The molecule has 0 radical (unpaired) electrons. The van der Waals surface area contributed by atoms with Gasteiger partial charge in [0.2, 0.25) is 0 Å². The van der Waals surface area contributed by atoms with Crippen molar-refractivity contribution in [3.8, 4) is 0 Å². The van der Waals surface area contributed by atoms with Crippen LogP contribution >= 0.6 is 0 Å². The third kappa shape index (κ3) is 4.72. The number of hydrogen-bond donors (Lipinski definition) is 1. The molecule has 4 rings (SSSR count). The molecule has 0 unspecified atom stereocenters. The zero-order chi connectivity index (χ0) is 22.7. The molecular weight excluding hydrogens is 415 g/mol. The minimum Gasteiger partial charge on any atom is -0.342 e. The fraction of sp³-hybridized carbons (Fsp3) is 0.120. The maximum Gasteiger partial charge on any atom is 0.416 e. The Bertz CT molecular complexity index is 1310. The third-order valence-corrected chi connectivity index (χ3v) is 5.08. The molecule has 0 fully saturated rings. The predicted octanol–water partition coefficient (Wildman–Crippen LogP) is 5.78. The number of benzene rings is 3. The second kappa shape index (κ2) is 8.70. The van der Waals surface area contributed by atoms with Gasteiger partial charge in [-0.05, 0) is 36.8 Å². The van der Waals surface area contributed by atoms with E-state index in [4.69, 9.17) is 0 Å². The van der Waals surface area contributed by atoms with E-state index in [1.54, 1.807) is 0 Å². The Kier molecular flexibility index (Phi) is 5.81. The van der Waals surface area contributed by atoms with E-state index in [-0.39, 0.29) is 5.56 Å². The molecule has 7 heteroatoms. The largest absolute Gasteiger partial charge is 0.416 e. The second-order valence-corrected chi connectivity index (χ2v) is 7.50. The second-order valence-electron chi connectivity index (χ2n) is 7.50. The molecule has 0 atom stereocenters. The maximum absolute atomic E-state index is 12.9. The fourth-order valence-corrected chi connectivity index (χ4v) is 3.58. The first kappa shape index (κ1) is 21.4. The highest BCUT2D eigenvalue weighted by Crippen LogP contribution is 2.29. The van der Waals surface area contributed by atoms with Gasteiger partial charge in [0.15, 0.2) is 0 Å². The van der Waals surface area contributed by atoms with Crippen LogP contribution in [0.2, 0.25) is 0 Å². The molecule has 0 saturated heterocycles. The molecule has 162 valence electrons. The number of carbonyl (C=O) groups is 1. The van der Waals surface area contributed by atoms with Gasteiger partial charge in [-0.15, -0.1) is 0 Å². The Morgan fingerprint density at radius 2 is 1.81 bits per heavy atom. The van der Waals surface area contributed by atoms with Gasteiger partial charge in [-0.2, -0.15) is 18.3 Å². The van der Waals surface area contributed by atoms with Gasteiger partial charge in [0, 0.05) is 34.8 Å². The van der Waals surface area contributed by atoms with Crippen LogP contribution in [0.1, 0.15) is 32.6 Å². The van der Waals surface area contributed by atoms with E-state index in [1.807, 2.05) is 49.5 Å². The number of hydrazone groups is 1. The summed E-state index contributed by atoms with van der Waals surface area (Å²) in [4.78, 5) is 12.3. The van der Waals surface area contributed by atoms with Crippen molar-refractivity contribution in [2.24, 2.45) is 5.10 Å². The summed E-state index contributed by atoms with van der Waals surface area (Å²) in [6.07, 6.45) is -1.08. The van der Waals surface area contributed by atoms with Crippen LogP contribution in [0.15, 0.2) is 84.1 Å². The molecule has 0 aliphatic rings. The van der Waals surface area contributed by atoms with Gasteiger partial charge in [-0.3, -0.25) is 4.79 Å². The Hall–Kier alpha value is -3.87. The molecule has 3 aromatic carbocycles. The number of aromatic nitrogens is 1. The van der Waals surface area contributed by atoms with Crippen molar-refractivity contribution in [3.05, 3.63) is 107 Å². The molecule has 4 nitrogen and oxygen atoms in total. The molecule has 0 bridgehead atoms. The molecular formula is C25H20F3N3O. The maximum atomic E-state index is 12.9. The van der Waals surface area contributed by atoms with Crippen LogP contribution in [0.25, 0.3) is 10.9 Å². The molecule has 0 aliphatic heterocycles. The summed E-state index contributed by atoms with van der Waals surface area (Å²) in [5, 5.41) is 4.93. The standard InChI is InChI=1S/C25H20F3N3O/c1-17-6-4-7-18(12-17)15-31-16-20(22-10-2-3-11-23(22)31)14-29-30-24(32)19-8-5-9-21(13-19)25(26,27)28/h2-14,16H,15H2,1H3,(H,30,32)/b29-14-. The van der Waals surface area contributed by atoms with Gasteiger partial charge in [0.25, 0.3) is 5.91 Å². The van der Waals surface area contributed by atoms with E-state index in [9.17, 15) is 18.0 Å². The number of para-hydroxylation sites is 1. The van der Waals surface area contributed by atoms with Gasteiger partial charge in [0.1, 0.15) is 0 Å². The summed E-state index contributed by atoms with van der Waals surface area (Å²) in [5.41, 5.74) is 5.46. The molecule has 4 aromatic rings. The lowest BCUT2D eigenvalue weighted by Crippen LogP contribution is -2.18. The molecule has 0 aliphatic carbocycles. The number of rotatable bonds is 5. The SMILES string of the molecule is Cc1cccc(Cn2cc(/C=N\NC(=O)c3cccc(C(F)(F)F)c3)c3ccccc32)c1. The van der Waals surface area contributed by atoms with Crippen molar-refractivity contribution < 1.29 is 18.0 Å². The summed E-state index contributed by atoms with van der Waals surface area (Å²) in [6.45, 7) is 2.72. The molecule has 1 heterocycles. The van der Waals surface area contributed by atoms with Crippen LogP contribution in [0.4, 0.5) is 13.2 Å². The Balaban J connectivity index is 1.55. The summed E-state index contributed by atoms with van der Waals surface area (Å²) in [5.74, 6) is -0.712. The van der Waals surface area contributed by atoms with Crippen molar-refractivity contribution in [2.45, 2.75) is 19.6 Å². The number of alkyl halides is 3. The van der Waals surface area contributed by atoms with Crippen molar-refractivity contribution in [1.82, 2.24) is 9.99 Å². The zero-order valence-corrected chi connectivity index (χ0v) is 17.2. The fourth-order valence-electron chi connectivity index (χ4n) is 3.58. The number of nitrogens with one attached hydrogen (secondary N) is 1. The average Bonchev–Trinajstić information content (AvgIpc) is 3.11. The van der Waals surface area contributed by atoms with Crippen molar-refractivity contribution in [1.29, 1.82) is 0 Å². The van der Waals surface area contributed by atoms with E-state index in [1.165, 1.54) is 23.9 Å². The van der Waals surface area contributed by atoms with Crippen LogP contribution < -0.4 is 5.43 Å². The highest BCUT2D eigenvalue weighted by molar-refractivity contribution is 6.00. The minimum absolute atomic E-state index is 0.112. The van der Waals surface area contributed by atoms with Gasteiger partial charge >= 0.3 is 6.18 Å². The smallest absolute Gasteiger partial charge is 0.342 e. The predicted molar refractivity (Wildman–Crippen MR) is 119 cm³/mol. The van der Waals surface area contributed by atoms with E-state index in [0.29, 0.717) is 6.54 Å². The lowest BCUT2D eigenvalue weighted by atomic mass is 10.1. The first-order valence-electron chi connectivity index (χ1n) is 9.95. The summed E-state index contributed by atoms with van der Waals surface area (Å²) < 4.78 is 40.7. The zero-order valence-electron chi connectivity index (χ0n) is 17.2. The highest BCUT2D eigenvalue weighted by Gasteiger charge is 2.30. The number of carbonyl (C=O) groups excluding carboxylic acids is 1. The van der Waals surface area contributed by atoms with E-state index in [0.717, 1.165) is 34.2 Å². The summed E-state index contributed by atoms with van der Waals surface area (Å²) >= 11 is 0. The van der Waals surface area contributed by atoms with Crippen LogP contribution in [0.5, 0.6) is 0 Å². The molecule has 0 saturated carbocycles. The lowest BCUT2D eigenvalue weighted by molar-refractivity contribution is -0.137. The van der Waals surface area contributed by atoms with Crippen LogP contribution in [0, 0.1) is 6.92 Å². The third-order valence-electron chi connectivity index (χ3n) is 5.08. The van der Waals surface area contributed by atoms with Crippen LogP contribution in [0.3, 0.4) is 0 Å². The first-order chi connectivity index (χ1) is 15.3. The summed E-state index contributed by atoms with van der Waals surface area (Å²) in [7, 11) is 0. The average molecular weight is 435 g/mol. The monoisotopic (exact) mass is 435 g/mol. The quantitative estimate of drug-likeness (QED) is 0.313. The number of halogens is 3. The van der Waals surface area contributed by atoms with Gasteiger partial charge < -0.3 is 4.57 Å². The molecule has 32 heavy (non-hydrogen) atoms. The van der Waals surface area contributed by atoms with Crippen molar-refractivity contribution in [3.63, 3.8) is 0 Å². The number of amides is 1. The van der Waals surface area contributed by atoms with Crippen LogP contribution in [-0.2, 0) is 12.7 Å². The minimum atomic E-state index is -4.52. The molecule has 1 aromatic heterocycles. The number of aryl methyl sites for hydroxylation is 1. The molecule has 0 spiro atoms. The number of fused-ring (bicyclic) bond motifs is 1. The first-order valence-corrected chi connectivity index (χ1v) is 9.95.